The van der Waals surface area contributed by atoms with E-state index in [1.165, 1.54) is 4.90 Å². The van der Waals surface area contributed by atoms with Crippen molar-refractivity contribution in [3.8, 4) is 0 Å². The molecule has 1 aromatic heterocycles. The molecule has 0 bridgehead atoms. The minimum absolute atomic E-state index is 0.215. The quantitative estimate of drug-likeness (QED) is 0.287. The zero-order chi connectivity index (χ0) is 28.2. The molecule has 3 rings (SSSR count). The predicted molar refractivity (Wildman–Crippen MR) is 148 cm³/mol. The van der Waals surface area contributed by atoms with E-state index in [4.69, 9.17) is 5.73 Å². The summed E-state index contributed by atoms with van der Waals surface area (Å²) in [6, 6.07) is 5.00. The molecule has 2 aromatic rings. The van der Waals surface area contributed by atoms with Gasteiger partial charge in [-0.25, -0.2) is 9.98 Å². The van der Waals surface area contributed by atoms with Gasteiger partial charge in [-0.3, -0.25) is 9.59 Å². The summed E-state index contributed by atoms with van der Waals surface area (Å²) in [6.45, 7) is 9.01. The summed E-state index contributed by atoms with van der Waals surface area (Å²) in [7, 11) is 3.19. The first-order valence-electron chi connectivity index (χ1n) is 12.5. The minimum Gasteiger partial charge on any atom is -0.383 e. The molecule has 2 atom stereocenters. The second-order valence-corrected chi connectivity index (χ2v) is 11.1. The van der Waals surface area contributed by atoms with Gasteiger partial charge in [0.25, 0.3) is 0 Å². The molecule has 0 aliphatic carbocycles. The van der Waals surface area contributed by atoms with Crippen molar-refractivity contribution >= 4 is 40.1 Å². The molecule has 0 unspecified atom stereocenters. The second kappa shape index (κ2) is 12.1. The molecule has 11 heteroatoms. The number of hydrogen-bond acceptors (Lipinski definition) is 7. The first kappa shape index (κ1) is 29.4. The lowest BCUT2D eigenvalue weighted by molar-refractivity contribution is -0.148. The van der Waals surface area contributed by atoms with Crippen LogP contribution in [0.1, 0.15) is 56.6 Å². The molecule has 0 spiro atoms. The number of carbonyl (C=O) groups is 2. The van der Waals surface area contributed by atoms with E-state index >= 15 is 0 Å². The number of aromatic nitrogens is 1. The number of thiazole rings is 1. The predicted octanol–water partition coefficient (Wildman–Crippen LogP) is 4.55. The topological polar surface area (TPSA) is 104 Å². The first-order chi connectivity index (χ1) is 17.9. The van der Waals surface area contributed by atoms with E-state index in [0.29, 0.717) is 40.9 Å². The van der Waals surface area contributed by atoms with Gasteiger partial charge < -0.3 is 20.9 Å². The Kier molecular flexibility index (Phi) is 9.37. The zero-order valence-electron chi connectivity index (χ0n) is 22.6. The summed E-state index contributed by atoms with van der Waals surface area (Å²) < 4.78 is 30.0. The monoisotopic (exact) mass is 546 g/mol. The van der Waals surface area contributed by atoms with Crippen LogP contribution in [0, 0.1) is 5.92 Å². The van der Waals surface area contributed by atoms with Gasteiger partial charge in [-0.2, -0.15) is 8.78 Å². The van der Waals surface area contributed by atoms with Gasteiger partial charge in [-0.1, -0.05) is 19.9 Å². The molecule has 3 N–H and O–H groups in total. The standard InChI is InChI=1S/C27H36F2N6O2S/c1-7-18(23(30)31-4)12-17(3)32-24(36)25(37)35-14-16(2)8-10-21(35)19-9-11-22-20(13-19)33-26(38-22)27(28,29)15-34(5)6/h9,11-13,16,21H,4,7-8,10,14-15,30H2,1-3,5-6H3,(H,32,36)/b17-12+,23-18-/t16-,21+/m0/s1. The smallest absolute Gasteiger partial charge is 0.313 e. The van der Waals surface area contributed by atoms with E-state index < -0.39 is 24.3 Å². The molecule has 1 saturated heterocycles. The van der Waals surface area contributed by atoms with Crippen LogP contribution in [0.2, 0.25) is 0 Å². The number of benzene rings is 1. The third-order valence-electron chi connectivity index (χ3n) is 6.48. The molecule has 0 saturated carbocycles. The van der Waals surface area contributed by atoms with E-state index in [1.54, 1.807) is 44.1 Å². The number of halogens is 2. The molecule has 2 heterocycles. The number of allylic oxidation sites excluding steroid dienone is 3. The highest BCUT2D eigenvalue weighted by atomic mass is 32.1. The Morgan fingerprint density at radius 2 is 2.08 bits per heavy atom. The maximum atomic E-state index is 14.7. The maximum absolute atomic E-state index is 14.7. The molecule has 2 amide bonds. The SMILES string of the molecule is C=N/C(N)=C(\C=C(/C)NC(=O)C(=O)N1C[C@@H](C)CC[C@@H]1c1ccc2sc(C(F)(F)CN(C)C)nc2c1)CC. The van der Waals surface area contributed by atoms with Crippen molar-refractivity contribution in [2.75, 3.05) is 27.2 Å². The number of rotatable bonds is 8. The number of piperidine rings is 1. The number of likely N-dealkylation sites (N-methyl/N-ethyl adjacent to an activating group) is 1. The van der Waals surface area contributed by atoms with E-state index in [9.17, 15) is 18.4 Å². The zero-order valence-corrected chi connectivity index (χ0v) is 23.4. The number of nitrogens with zero attached hydrogens (tertiary/aromatic N) is 4. The molecule has 1 fully saturated rings. The van der Waals surface area contributed by atoms with Crippen LogP contribution < -0.4 is 11.1 Å². The van der Waals surface area contributed by atoms with Crippen LogP contribution in [-0.4, -0.2) is 60.5 Å². The van der Waals surface area contributed by atoms with E-state index in [1.807, 2.05) is 19.9 Å². The highest BCUT2D eigenvalue weighted by Gasteiger charge is 2.37. The molecule has 38 heavy (non-hydrogen) atoms. The molecular formula is C27H36F2N6O2S. The highest BCUT2D eigenvalue weighted by molar-refractivity contribution is 7.18. The number of aliphatic imine (C=N–C) groups is 1. The Balaban J connectivity index is 1.86. The number of alkyl halides is 2. The van der Waals surface area contributed by atoms with Crippen molar-refractivity contribution in [3.05, 3.63) is 51.9 Å². The van der Waals surface area contributed by atoms with Crippen LogP contribution in [0.5, 0.6) is 0 Å². The summed E-state index contributed by atoms with van der Waals surface area (Å²) in [5.41, 5.74) is 8.23. The van der Waals surface area contributed by atoms with E-state index in [2.05, 4.69) is 22.0 Å². The fourth-order valence-corrected chi connectivity index (χ4v) is 5.53. The van der Waals surface area contributed by atoms with Gasteiger partial charge in [0.15, 0.2) is 5.01 Å². The maximum Gasteiger partial charge on any atom is 0.313 e. The Hall–Kier alpha value is -3.18. The van der Waals surface area contributed by atoms with Crippen molar-refractivity contribution in [1.82, 2.24) is 20.1 Å². The lowest BCUT2D eigenvalue weighted by Gasteiger charge is -2.38. The van der Waals surface area contributed by atoms with Crippen LogP contribution in [0.3, 0.4) is 0 Å². The number of carbonyl (C=O) groups excluding carboxylic acids is 2. The average Bonchev–Trinajstić information content (AvgIpc) is 3.30. The largest absolute Gasteiger partial charge is 0.383 e. The van der Waals surface area contributed by atoms with Crippen LogP contribution in [0.4, 0.5) is 8.78 Å². The number of nitrogens with two attached hydrogens (primary N) is 1. The van der Waals surface area contributed by atoms with Crippen LogP contribution in [-0.2, 0) is 15.5 Å². The summed E-state index contributed by atoms with van der Waals surface area (Å²) in [5.74, 6) is -4.00. The highest BCUT2D eigenvalue weighted by Crippen LogP contribution is 2.38. The van der Waals surface area contributed by atoms with Crippen molar-refractivity contribution in [2.45, 2.75) is 52.0 Å². The first-order valence-corrected chi connectivity index (χ1v) is 13.4. The molecule has 1 aliphatic rings. The van der Waals surface area contributed by atoms with Gasteiger partial charge >= 0.3 is 17.7 Å². The van der Waals surface area contributed by atoms with Gasteiger partial charge in [-0.05, 0) is 82.3 Å². The van der Waals surface area contributed by atoms with Crippen LogP contribution in [0.15, 0.2) is 46.4 Å². The third-order valence-corrected chi connectivity index (χ3v) is 7.63. The third kappa shape index (κ3) is 6.82. The Morgan fingerprint density at radius 3 is 2.71 bits per heavy atom. The molecule has 1 aliphatic heterocycles. The second-order valence-electron chi connectivity index (χ2n) is 10.0. The lowest BCUT2D eigenvalue weighted by atomic mass is 9.89. The summed E-state index contributed by atoms with van der Waals surface area (Å²) in [5, 5.41) is 2.42. The molecule has 0 radical (unpaired) electrons. The number of hydrogen-bond donors (Lipinski definition) is 2. The number of likely N-dealkylation sites (tertiary alicyclic amines) is 1. The fraction of sp³-hybridized carbons (Fsp3) is 0.481. The van der Waals surface area contributed by atoms with Crippen molar-refractivity contribution in [2.24, 2.45) is 16.6 Å². The van der Waals surface area contributed by atoms with Gasteiger partial charge in [0.2, 0.25) is 0 Å². The summed E-state index contributed by atoms with van der Waals surface area (Å²) >= 11 is 0.969. The van der Waals surface area contributed by atoms with Gasteiger partial charge in [0.1, 0.15) is 5.82 Å². The van der Waals surface area contributed by atoms with Gasteiger partial charge in [0.05, 0.1) is 22.8 Å². The van der Waals surface area contributed by atoms with Gasteiger partial charge in [0, 0.05) is 12.2 Å². The summed E-state index contributed by atoms with van der Waals surface area (Å²) in [4.78, 5) is 37.2. The number of fused-ring (bicyclic) bond motifs is 1. The lowest BCUT2D eigenvalue weighted by Crippen LogP contribution is -2.48. The van der Waals surface area contributed by atoms with Crippen LogP contribution in [0.25, 0.3) is 10.2 Å². The Labute approximate surface area is 226 Å². The normalized spacial score (nSPS) is 19.5. The van der Waals surface area contributed by atoms with Crippen molar-refractivity contribution in [1.29, 1.82) is 0 Å². The average molecular weight is 547 g/mol. The van der Waals surface area contributed by atoms with Crippen LogP contribution >= 0.6 is 11.3 Å². The van der Waals surface area contributed by atoms with E-state index in [-0.39, 0.29) is 22.8 Å². The molecule has 8 nitrogen and oxygen atoms in total. The summed E-state index contributed by atoms with van der Waals surface area (Å²) in [6.07, 6.45) is 3.78. The Morgan fingerprint density at radius 1 is 1.37 bits per heavy atom. The van der Waals surface area contributed by atoms with E-state index in [0.717, 1.165) is 23.3 Å². The molecular weight excluding hydrogens is 510 g/mol. The fourth-order valence-electron chi connectivity index (χ4n) is 4.62. The molecule has 206 valence electrons. The van der Waals surface area contributed by atoms with Crippen molar-refractivity contribution < 1.29 is 18.4 Å². The number of nitrogens with one attached hydrogen (secondary N) is 1. The minimum atomic E-state index is -3.07. The van der Waals surface area contributed by atoms with Gasteiger partial charge in [-0.15, -0.1) is 11.3 Å². The molecule has 1 aromatic carbocycles. The van der Waals surface area contributed by atoms with Crippen molar-refractivity contribution in [3.63, 3.8) is 0 Å². The number of amides is 2. The Bertz CT molecular complexity index is 1270.